The third kappa shape index (κ3) is 3.54. The summed E-state index contributed by atoms with van der Waals surface area (Å²) >= 11 is 0. The number of carboxylic acid groups (broad SMARTS) is 1. The summed E-state index contributed by atoms with van der Waals surface area (Å²) in [5, 5.41) is 9.58. The van der Waals surface area contributed by atoms with Crippen LogP contribution in [0.25, 0.3) is 0 Å². The number of carbonyl (C=O) groups excluding carboxylic acids is 1. The zero-order valence-corrected chi connectivity index (χ0v) is 13.1. The van der Waals surface area contributed by atoms with Crippen LogP contribution in [0.2, 0.25) is 0 Å². The van der Waals surface area contributed by atoms with Crippen molar-refractivity contribution >= 4 is 11.9 Å². The monoisotopic (exact) mass is 318 g/mol. The number of amides is 1. The summed E-state index contributed by atoms with van der Waals surface area (Å²) in [5.41, 5.74) is 0.545. The smallest absolute Gasteiger partial charge is 0.326 e. The van der Waals surface area contributed by atoms with Crippen LogP contribution in [0.3, 0.4) is 0 Å². The highest BCUT2D eigenvalue weighted by Crippen LogP contribution is 2.24. The van der Waals surface area contributed by atoms with Gasteiger partial charge in [-0.25, -0.2) is 4.79 Å². The van der Waals surface area contributed by atoms with Crippen LogP contribution < -0.4 is 0 Å². The van der Waals surface area contributed by atoms with Crippen LogP contribution in [-0.4, -0.2) is 71.7 Å². The van der Waals surface area contributed by atoms with Gasteiger partial charge in [-0.1, -0.05) is 18.2 Å². The summed E-state index contributed by atoms with van der Waals surface area (Å²) in [4.78, 5) is 28.1. The quantitative estimate of drug-likeness (QED) is 0.903. The Morgan fingerprint density at radius 1 is 1.09 bits per heavy atom. The second-order valence-corrected chi connectivity index (χ2v) is 6.05. The molecule has 2 fully saturated rings. The molecule has 2 aliphatic heterocycles. The van der Waals surface area contributed by atoms with E-state index >= 15 is 0 Å². The van der Waals surface area contributed by atoms with Crippen molar-refractivity contribution in [2.75, 3.05) is 32.8 Å². The summed E-state index contributed by atoms with van der Waals surface area (Å²) in [6, 6.07) is 8.34. The number of nitrogens with zero attached hydrogens (tertiary/aromatic N) is 2. The number of carbonyl (C=O) groups is 2. The van der Waals surface area contributed by atoms with E-state index in [2.05, 4.69) is 4.90 Å². The molecule has 2 heterocycles. The van der Waals surface area contributed by atoms with Crippen LogP contribution in [0.5, 0.6) is 0 Å². The third-order valence-corrected chi connectivity index (χ3v) is 4.70. The summed E-state index contributed by atoms with van der Waals surface area (Å²) in [5.74, 6) is -1.12. The molecule has 2 saturated heterocycles. The molecular weight excluding hydrogens is 296 g/mol. The molecule has 1 aromatic rings. The van der Waals surface area contributed by atoms with E-state index in [0.717, 1.165) is 19.5 Å². The van der Waals surface area contributed by atoms with Gasteiger partial charge in [0.15, 0.2) is 0 Å². The number of ether oxygens (including phenoxy) is 1. The van der Waals surface area contributed by atoms with E-state index < -0.39 is 12.0 Å². The number of hydrogen-bond donors (Lipinski definition) is 1. The molecule has 23 heavy (non-hydrogen) atoms. The Hall–Kier alpha value is -1.92. The van der Waals surface area contributed by atoms with E-state index in [1.54, 1.807) is 24.3 Å². The minimum Gasteiger partial charge on any atom is -0.480 e. The number of hydrogen-bond acceptors (Lipinski definition) is 4. The Labute approximate surface area is 135 Å². The Bertz CT molecular complexity index is 557. The zero-order valence-electron chi connectivity index (χ0n) is 13.1. The first-order chi connectivity index (χ1) is 11.2. The van der Waals surface area contributed by atoms with Gasteiger partial charge in [-0.2, -0.15) is 0 Å². The molecular formula is C17H22N2O4. The van der Waals surface area contributed by atoms with Crippen molar-refractivity contribution in [3.63, 3.8) is 0 Å². The largest absolute Gasteiger partial charge is 0.480 e. The molecule has 6 nitrogen and oxygen atoms in total. The number of piperidine rings is 1. The predicted molar refractivity (Wildman–Crippen MR) is 84.3 cm³/mol. The van der Waals surface area contributed by atoms with Gasteiger partial charge in [-0.3, -0.25) is 9.69 Å². The van der Waals surface area contributed by atoms with Crippen molar-refractivity contribution in [1.82, 2.24) is 9.80 Å². The van der Waals surface area contributed by atoms with E-state index in [9.17, 15) is 14.7 Å². The first-order valence-electron chi connectivity index (χ1n) is 8.07. The number of benzene rings is 1. The number of rotatable bonds is 3. The second kappa shape index (κ2) is 7.10. The maximum Gasteiger partial charge on any atom is 0.326 e. The van der Waals surface area contributed by atoms with Gasteiger partial charge in [0.25, 0.3) is 5.91 Å². The minimum absolute atomic E-state index is 0.196. The van der Waals surface area contributed by atoms with Gasteiger partial charge < -0.3 is 14.7 Å². The highest BCUT2D eigenvalue weighted by Gasteiger charge is 2.38. The molecule has 124 valence electrons. The molecule has 1 N–H and O–H groups in total. The van der Waals surface area contributed by atoms with Gasteiger partial charge in [-0.05, 0) is 25.0 Å². The molecule has 2 atom stereocenters. The molecule has 0 unspecified atom stereocenters. The Kier molecular flexibility index (Phi) is 4.93. The van der Waals surface area contributed by atoms with Gasteiger partial charge in [0.1, 0.15) is 6.04 Å². The Morgan fingerprint density at radius 2 is 1.78 bits per heavy atom. The Balaban J connectivity index is 1.72. The summed E-state index contributed by atoms with van der Waals surface area (Å²) < 4.78 is 5.36. The fourth-order valence-corrected chi connectivity index (χ4v) is 3.44. The molecule has 0 saturated carbocycles. The summed E-state index contributed by atoms with van der Waals surface area (Å²) in [6.07, 6.45) is 1.29. The van der Waals surface area contributed by atoms with Gasteiger partial charge in [0.05, 0.1) is 13.2 Å². The van der Waals surface area contributed by atoms with Crippen molar-refractivity contribution < 1.29 is 19.4 Å². The molecule has 0 radical (unpaired) electrons. The zero-order chi connectivity index (χ0) is 16.2. The lowest BCUT2D eigenvalue weighted by atomic mass is 9.94. The number of aliphatic carboxylic acids is 1. The topological polar surface area (TPSA) is 70.1 Å². The van der Waals surface area contributed by atoms with Crippen LogP contribution in [-0.2, 0) is 9.53 Å². The molecule has 3 rings (SSSR count). The number of likely N-dealkylation sites (tertiary alicyclic amines) is 1. The van der Waals surface area contributed by atoms with Crippen LogP contribution in [0.1, 0.15) is 23.2 Å². The SMILES string of the molecule is O=C(O)[C@@H]1C[C@@H](N2CCOCC2)CCN1C(=O)c1ccccc1. The molecule has 6 heteroatoms. The van der Waals surface area contributed by atoms with E-state index in [1.807, 2.05) is 6.07 Å². The first-order valence-corrected chi connectivity index (χ1v) is 8.07. The van der Waals surface area contributed by atoms with Gasteiger partial charge in [-0.15, -0.1) is 0 Å². The third-order valence-electron chi connectivity index (χ3n) is 4.70. The minimum atomic E-state index is -0.924. The van der Waals surface area contributed by atoms with Crippen LogP contribution in [0.15, 0.2) is 30.3 Å². The molecule has 2 aliphatic rings. The lowest BCUT2D eigenvalue weighted by molar-refractivity contribution is -0.144. The lowest BCUT2D eigenvalue weighted by Crippen LogP contribution is -2.56. The van der Waals surface area contributed by atoms with Crippen LogP contribution in [0.4, 0.5) is 0 Å². The van der Waals surface area contributed by atoms with Gasteiger partial charge in [0.2, 0.25) is 0 Å². The van der Waals surface area contributed by atoms with E-state index in [1.165, 1.54) is 4.90 Å². The summed E-state index contributed by atoms with van der Waals surface area (Å²) in [6.45, 7) is 3.54. The second-order valence-electron chi connectivity index (χ2n) is 6.05. The Morgan fingerprint density at radius 3 is 2.43 bits per heavy atom. The van der Waals surface area contributed by atoms with Crippen molar-refractivity contribution in [2.45, 2.75) is 24.9 Å². The predicted octanol–water partition coefficient (Wildman–Crippen LogP) is 1.08. The average molecular weight is 318 g/mol. The average Bonchev–Trinajstić information content (AvgIpc) is 2.62. The standard InChI is InChI=1S/C17H22N2O4/c20-16(13-4-2-1-3-5-13)19-7-6-14(12-15(19)17(21)22)18-8-10-23-11-9-18/h1-5,14-15H,6-12H2,(H,21,22)/t14-,15-/m0/s1. The van der Waals surface area contributed by atoms with Gasteiger partial charge in [0, 0.05) is 31.2 Å². The molecule has 1 aromatic carbocycles. The number of morpholine rings is 1. The van der Waals surface area contributed by atoms with Crippen molar-refractivity contribution in [3.05, 3.63) is 35.9 Å². The first kappa shape index (κ1) is 16.0. The van der Waals surface area contributed by atoms with Crippen molar-refractivity contribution in [1.29, 1.82) is 0 Å². The fraction of sp³-hybridized carbons (Fsp3) is 0.529. The van der Waals surface area contributed by atoms with E-state index in [4.69, 9.17) is 4.74 Å². The van der Waals surface area contributed by atoms with Crippen LogP contribution >= 0.6 is 0 Å². The molecule has 0 spiro atoms. The molecule has 0 aliphatic carbocycles. The van der Waals surface area contributed by atoms with Crippen molar-refractivity contribution in [3.8, 4) is 0 Å². The van der Waals surface area contributed by atoms with Crippen LogP contribution in [0, 0.1) is 0 Å². The normalized spacial score (nSPS) is 26.0. The fourth-order valence-electron chi connectivity index (χ4n) is 3.44. The number of carboxylic acids is 1. The molecule has 1 amide bonds. The summed E-state index contributed by atoms with van der Waals surface area (Å²) in [7, 11) is 0. The van der Waals surface area contributed by atoms with Crippen molar-refractivity contribution in [2.24, 2.45) is 0 Å². The molecule has 0 aromatic heterocycles. The van der Waals surface area contributed by atoms with Gasteiger partial charge >= 0.3 is 5.97 Å². The lowest BCUT2D eigenvalue weighted by Gasteiger charge is -2.43. The van der Waals surface area contributed by atoms with E-state index in [-0.39, 0.29) is 11.9 Å². The highest BCUT2D eigenvalue weighted by atomic mass is 16.5. The maximum absolute atomic E-state index is 12.6. The molecule has 0 bridgehead atoms. The van der Waals surface area contributed by atoms with E-state index in [0.29, 0.717) is 31.7 Å². The highest BCUT2D eigenvalue weighted by molar-refractivity contribution is 5.96. The maximum atomic E-state index is 12.6.